The number of benzene rings is 10. The fraction of sp³-hybridized carbons (Fsp3) is 0. The van der Waals surface area contributed by atoms with E-state index in [-0.39, 0.29) is 0 Å². The van der Waals surface area contributed by atoms with Crippen LogP contribution in [0.5, 0.6) is 0 Å². The van der Waals surface area contributed by atoms with Gasteiger partial charge in [-0.1, -0.05) is 200 Å². The molecule has 0 spiro atoms. The third kappa shape index (κ3) is 6.86. The van der Waals surface area contributed by atoms with Crippen LogP contribution in [-0.4, -0.2) is 43.6 Å². The standard InChI is InChI=1S/C66H41N9/c1-5-21-42(22-6-1)61-67-64(70-65(69-61)54-35-20-34-51-48-31-13-16-36-55(48)73(58(51)54)46-28-11-4-12-29-46)45-27-19-30-47(41-45)74-56-37-17-14-32-49(56)52-39-40-53-50-33-15-18-38-57(50)75(60(53)59(52)74)66-71-62(43-23-7-2-8-24-43)68-63(72-66)44-25-9-3-10-26-44/h1-41H. The molecule has 0 atom stereocenters. The Balaban J connectivity index is 0.987. The van der Waals surface area contributed by atoms with Crippen molar-refractivity contribution in [3.63, 3.8) is 0 Å². The molecule has 15 rings (SSSR count). The third-order valence-electron chi connectivity index (χ3n) is 14.3. The fourth-order valence-electron chi connectivity index (χ4n) is 11.0. The van der Waals surface area contributed by atoms with E-state index in [0.717, 1.165) is 105 Å². The molecule has 5 heterocycles. The molecule has 0 N–H and O–H groups in total. The first-order valence-corrected chi connectivity index (χ1v) is 25.0. The van der Waals surface area contributed by atoms with E-state index in [1.54, 1.807) is 0 Å². The molecule has 0 radical (unpaired) electrons. The molecule has 0 saturated carbocycles. The Morgan fingerprint density at radius 1 is 0.227 bits per heavy atom. The Hall–Kier alpha value is -10.4. The number of aromatic nitrogens is 9. The van der Waals surface area contributed by atoms with E-state index in [2.05, 4.69) is 184 Å². The Kier molecular flexibility index (Phi) is 9.67. The van der Waals surface area contributed by atoms with Gasteiger partial charge in [-0.25, -0.2) is 19.9 Å². The van der Waals surface area contributed by atoms with Crippen LogP contribution in [0, 0.1) is 0 Å². The number of rotatable bonds is 8. The van der Waals surface area contributed by atoms with Gasteiger partial charge < -0.3 is 9.13 Å². The van der Waals surface area contributed by atoms with Crippen molar-refractivity contribution in [1.29, 1.82) is 0 Å². The second kappa shape index (κ2) is 17.1. The van der Waals surface area contributed by atoms with E-state index >= 15 is 0 Å². The molecule has 0 fully saturated rings. The third-order valence-corrected chi connectivity index (χ3v) is 14.3. The number of fused-ring (bicyclic) bond motifs is 10. The Morgan fingerprint density at radius 3 is 1.13 bits per heavy atom. The molecule has 0 aliphatic rings. The summed E-state index contributed by atoms with van der Waals surface area (Å²) in [6, 6.07) is 86.2. The summed E-state index contributed by atoms with van der Waals surface area (Å²) < 4.78 is 6.94. The van der Waals surface area contributed by atoms with Crippen LogP contribution in [-0.2, 0) is 0 Å². The molecule has 75 heavy (non-hydrogen) atoms. The fourth-order valence-corrected chi connectivity index (χ4v) is 11.0. The second-order valence-corrected chi connectivity index (χ2v) is 18.7. The van der Waals surface area contributed by atoms with Gasteiger partial charge in [0.1, 0.15) is 0 Å². The first-order chi connectivity index (χ1) is 37.2. The van der Waals surface area contributed by atoms with Crippen LogP contribution in [0.2, 0.25) is 0 Å². The van der Waals surface area contributed by atoms with Crippen molar-refractivity contribution in [2.24, 2.45) is 0 Å². The summed E-state index contributed by atoms with van der Waals surface area (Å²) in [5, 5.41) is 6.68. The molecule has 9 heteroatoms. The molecule has 0 bridgehead atoms. The molecular formula is C66H41N9. The van der Waals surface area contributed by atoms with E-state index in [0.29, 0.717) is 35.1 Å². The van der Waals surface area contributed by atoms with Gasteiger partial charge in [-0.15, -0.1) is 0 Å². The predicted octanol–water partition coefficient (Wildman–Crippen LogP) is 15.7. The van der Waals surface area contributed by atoms with Crippen molar-refractivity contribution >= 4 is 65.4 Å². The molecule has 10 aromatic carbocycles. The van der Waals surface area contributed by atoms with Gasteiger partial charge in [-0.05, 0) is 48.5 Å². The van der Waals surface area contributed by atoms with E-state index in [4.69, 9.17) is 29.9 Å². The van der Waals surface area contributed by atoms with Crippen molar-refractivity contribution in [2.45, 2.75) is 0 Å². The molecule has 350 valence electrons. The van der Waals surface area contributed by atoms with Crippen LogP contribution in [0.3, 0.4) is 0 Å². The van der Waals surface area contributed by atoms with Gasteiger partial charge in [0.05, 0.1) is 33.1 Å². The van der Waals surface area contributed by atoms with Crippen LogP contribution in [0.15, 0.2) is 249 Å². The summed E-state index contributed by atoms with van der Waals surface area (Å²) in [5.41, 5.74) is 12.7. The summed E-state index contributed by atoms with van der Waals surface area (Å²) in [4.78, 5) is 31.7. The van der Waals surface area contributed by atoms with E-state index in [1.165, 1.54) is 0 Å². The van der Waals surface area contributed by atoms with Crippen molar-refractivity contribution in [3.8, 4) is 74.3 Å². The van der Waals surface area contributed by atoms with Gasteiger partial charge in [0.2, 0.25) is 5.95 Å². The van der Waals surface area contributed by atoms with Crippen LogP contribution in [0.4, 0.5) is 0 Å². The highest BCUT2D eigenvalue weighted by Gasteiger charge is 2.25. The van der Waals surface area contributed by atoms with Gasteiger partial charge in [0, 0.05) is 71.5 Å². The molecule has 0 aliphatic heterocycles. The minimum atomic E-state index is 0.527. The molecule has 5 aromatic heterocycles. The molecule has 15 aromatic rings. The highest BCUT2D eigenvalue weighted by molar-refractivity contribution is 6.24. The summed E-state index contributed by atoms with van der Waals surface area (Å²) in [6.07, 6.45) is 0. The SMILES string of the molecule is c1ccc(-c2nc(-c3cccc(-n4c5ccccc5c5ccc6c7ccccc7n(-c7nc(-c8ccccc8)nc(-c8ccccc8)n7)c6c54)c3)nc(-c3cccc4c5ccccc5n(-c5ccccc5)c34)n2)cc1. The summed E-state index contributed by atoms with van der Waals surface area (Å²) in [7, 11) is 0. The van der Waals surface area contributed by atoms with Gasteiger partial charge in [0.25, 0.3) is 0 Å². The van der Waals surface area contributed by atoms with Crippen LogP contribution < -0.4 is 0 Å². The number of para-hydroxylation sites is 5. The van der Waals surface area contributed by atoms with Gasteiger partial charge in [-0.3, -0.25) is 4.57 Å². The van der Waals surface area contributed by atoms with Crippen molar-refractivity contribution in [3.05, 3.63) is 249 Å². The maximum absolute atomic E-state index is 5.43. The smallest absolute Gasteiger partial charge is 0.238 e. The van der Waals surface area contributed by atoms with E-state index in [1.807, 2.05) is 78.9 Å². The maximum Gasteiger partial charge on any atom is 0.238 e. The molecule has 0 aliphatic carbocycles. The quantitative estimate of drug-likeness (QED) is 0.151. The lowest BCUT2D eigenvalue weighted by atomic mass is 10.1. The lowest BCUT2D eigenvalue weighted by Crippen LogP contribution is -2.07. The summed E-state index contributed by atoms with van der Waals surface area (Å²) in [5.74, 6) is 3.45. The predicted molar refractivity (Wildman–Crippen MR) is 303 cm³/mol. The molecule has 0 amide bonds. The average Bonchev–Trinajstić information content (AvgIpc) is 4.24. The Bertz CT molecular complexity index is 4640. The largest absolute Gasteiger partial charge is 0.309 e. The maximum atomic E-state index is 5.43. The number of hydrogen-bond acceptors (Lipinski definition) is 6. The molecule has 0 unspecified atom stereocenters. The molecule has 0 saturated heterocycles. The minimum absolute atomic E-state index is 0.527. The highest BCUT2D eigenvalue weighted by atomic mass is 15.2. The topological polar surface area (TPSA) is 92.1 Å². The lowest BCUT2D eigenvalue weighted by molar-refractivity contribution is 0.953. The molecule has 9 nitrogen and oxygen atoms in total. The summed E-state index contributed by atoms with van der Waals surface area (Å²) >= 11 is 0. The van der Waals surface area contributed by atoms with Crippen molar-refractivity contribution in [1.82, 2.24) is 43.6 Å². The second-order valence-electron chi connectivity index (χ2n) is 18.7. The monoisotopic (exact) mass is 959 g/mol. The number of nitrogens with zero attached hydrogens (tertiary/aromatic N) is 9. The Labute approximate surface area is 430 Å². The zero-order valence-electron chi connectivity index (χ0n) is 40.2. The van der Waals surface area contributed by atoms with E-state index in [9.17, 15) is 0 Å². The van der Waals surface area contributed by atoms with Crippen LogP contribution in [0.25, 0.3) is 140 Å². The number of hydrogen-bond donors (Lipinski definition) is 0. The van der Waals surface area contributed by atoms with Gasteiger partial charge in [-0.2, -0.15) is 9.97 Å². The normalized spacial score (nSPS) is 11.7. The Morgan fingerprint density at radius 2 is 0.587 bits per heavy atom. The zero-order valence-corrected chi connectivity index (χ0v) is 40.2. The first-order valence-electron chi connectivity index (χ1n) is 25.0. The van der Waals surface area contributed by atoms with Gasteiger partial charge in [0.15, 0.2) is 29.1 Å². The van der Waals surface area contributed by atoms with Crippen LogP contribution in [0.1, 0.15) is 0 Å². The summed E-state index contributed by atoms with van der Waals surface area (Å²) in [6.45, 7) is 0. The molecular weight excluding hydrogens is 919 g/mol. The minimum Gasteiger partial charge on any atom is -0.309 e. The zero-order chi connectivity index (χ0) is 49.4. The highest BCUT2D eigenvalue weighted by Crippen LogP contribution is 2.43. The average molecular weight is 960 g/mol. The van der Waals surface area contributed by atoms with Crippen molar-refractivity contribution < 1.29 is 0 Å². The van der Waals surface area contributed by atoms with Crippen LogP contribution >= 0.6 is 0 Å². The van der Waals surface area contributed by atoms with Crippen molar-refractivity contribution in [2.75, 3.05) is 0 Å². The first kappa shape index (κ1) is 42.3. The lowest BCUT2D eigenvalue weighted by Gasteiger charge is -2.14. The van der Waals surface area contributed by atoms with Gasteiger partial charge >= 0.3 is 0 Å². The van der Waals surface area contributed by atoms with E-state index < -0.39 is 0 Å².